The lowest BCUT2D eigenvalue weighted by molar-refractivity contribution is -0.112. The Labute approximate surface area is 177 Å². The molecule has 3 aromatic rings. The zero-order chi connectivity index (χ0) is 21.3. The molecule has 152 valence electrons. The molecule has 0 radical (unpaired) electrons. The van der Waals surface area contributed by atoms with Crippen LogP contribution >= 0.6 is 11.3 Å². The number of nitrogens with one attached hydrogen (secondary N) is 1. The van der Waals surface area contributed by atoms with Crippen molar-refractivity contribution < 1.29 is 14.6 Å². The molecule has 0 unspecified atom stereocenters. The van der Waals surface area contributed by atoms with Crippen LogP contribution in [0, 0.1) is 6.92 Å². The quantitative estimate of drug-likeness (QED) is 0.479. The van der Waals surface area contributed by atoms with Crippen molar-refractivity contribution in [2.45, 2.75) is 13.8 Å². The zero-order valence-corrected chi connectivity index (χ0v) is 17.4. The number of thiazole rings is 1. The second-order valence-electron chi connectivity index (χ2n) is 6.64. The summed E-state index contributed by atoms with van der Waals surface area (Å²) < 4.78 is 5.17. The molecular formula is C21H19N5O3S. The Kier molecular flexibility index (Phi) is 5.20. The van der Waals surface area contributed by atoms with Crippen molar-refractivity contribution in [2.75, 3.05) is 17.5 Å². The molecule has 1 amide bonds. The van der Waals surface area contributed by atoms with Crippen molar-refractivity contribution in [1.29, 1.82) is 0 Å². The number of carbonyl (C=O) groups is 1. The van der Waals surface area contributed by atoms with Gasteiger partial charge in [0.1, 0.15) is 11.5 Å². The van der Waals surface area contributed by atoms with Crippen molar-refractivity contribution in [3.05, 3.63) is 53.4 Å². The standard InChI is InChI=1S/C21H19N5O3S/c1-12-4-9-16(18(27)10-12)23-24-19-13(2)25-26(20(19)28)21-22-17(11-30-21)14-5-7-15(29-3)8-6-14/h4-11,23,27H,1-3H3/b24-19+. The Morgan fingerprint density at radius 2 is 1.93 bits per heavy atom. The first kappa shape index (κ1) is 19.6. The summed E-state index contributed by atoms with van der Waals surface area (Å²) in [5.41, 5.74) is 6.34. The molecule has 8 nitrogen and oxygen atoms in total. The van der Waals surface area contributed by atoms with Crippen LogP contribution in [-0.2, 0) is 4.79 Å². The van der Waals surface area contributed by atoms with E-state index in [-0.39, 0.29) is 17.4 Å². The van der Waals surface area contributed by atoms with E-state index in [4.69, 9.17) is 4.74 Å². The van der Waals surface area contributed by atoms with E-state index in [0.717, 1.165) is 22.6 Å². The Hall–Kier alpha value is -3.72. The molecule has 2 N–H and O–H groups in total. The molecule has 0 spiro atoms. The maximum atomic E-state index is 12.8. The van der Waals surface area contributed by atoms with Gasteiger partial charge in [0.15, 0.2) is 5.71 Å². The second-order valence-corrected chi connectivity index (χ2v) is 7.48. The number of methoxy groups -OCH3 is 1. The van der Waals surface area contributed by atoms with E-state index in [1.807, 2.05) is 42.6 Å². The average molecular weight is 421 g/mol. The maximum absolute atomic E-state index is 12.8. The highest BCUT2D eigenvalue weighted by atomic mass is 32.1. The van der Waals surface area contributed by atoms with Crippen molar-refractivity contribution in [3.8, 4) is 22.8 Å². The van der Waals surface area contributed by atoms with Crippen LogP contribution in [0.15, 0.2) is 58.0 Å². The summed E-state index contributed by atoms with van der Waals surface area (Å²) in [5, 5.41) is 22.0. The summed E-state index contributed by atoms with van der Waals surface area (Å²) in [7, 11) is 1.61. The molecule has 1 aromatic heterocycles. The third-order valence-electron chi connectivity index (χ3n) is 4.49. The highest BCUT2D eigenvalue weighted by Crippen LogP contribution is 2.30. The molecule has 1 aliphatic heterocycles. The van der Waals surface area contributed by atoms with E-state index in [2.05, 4.69) is 20.6 Å². The molecule has 2 heterocycles. The molecule has 1 aliphatic rings. The van der Waals surface area contributed by atoms with Crippen LogP contribution in [-0.4, -0.2) is 34.5 Å². The van der Waals surface area contributed by atoms with Gasteiger partial charge < -0.3 is 9.84 Å². The number of phenolic OH excluding ortho intramolecular Hbond substituents is 1. The Morgan fingerprint density at radius 1 is 1.17 bits per heavy atom. The molecule has 4 rings (SSSR count). The van der Waals surface area contributed by atoms with Gasteiger partial charge in [0.25, 0.3) is 0 Å². The minimum Gasteiger partial charge on any atom is -0.506 e. The first-order chi connectivity index (χ1) is 14.5. The van der Waals surface area contributed by atoms with Gasteiger partial charge in [-0.3, -0.25) is 10.2 Å². The van der Waals surface area contributed by atoms with E-state index in [1.165, 1.54) is 16.3 Å². The molecule has 2 aromatic carbocycles. The minimum atomic E-state index is -0.387. The van der Waals surface area contributed by atoms with Gasteiger partial charge >= 0.3 is 5.91 Å². The molecule has 0 bridgehead atoms. The fourth-order valence-corrected chi connectivity index (χ4v) is 3.64. The SMILES string of the molecule is COc1ccc(-c2csc(N3N=C(C)/C(=N\Nc4ccc(C)cc4O)C3=O)n2)cc1. The van der Waals surface area contributed by atoms with Crippen LogP contribution in [0.1, 0.15) is 12.5 Å². The van der Waals surface area contributed by atoms with Gasteiger partial charge in [-0.05, 0) is 55.8 Å². The molecule has 0 saturated heterocycles. The number of carbonyl (C=O) groups excluding carboxylic acids is 1. The number of rotatable bonds is 5. The summed E-state index contributed by atoms with van der Waals surface area (Å²) in [4.78, 5) is 17.4. The number of benzene rings is 2. The number of anilines is 2. The van der Waals surface area contributed by atoms with E-state index in [0.29, 0.717) is 16.5 Å². The van der Waals surface area contributed by atoms with Gasteiger partial charge in [-0.2, -0.15) is 15.2 Å². The van der Waals surface area contributed by atoms with Crippen LogP contribution in [0.4, 0.5) is 10.8 Å². The number of ether oxygens (including phenoxy) is 1. The Balaban J connectivity index is 1.54. The number of hydrazone groups is 2. The van der Waals surface area contributed by atoms with Crippen molar-refractivity contribution in [3.63, 3.8) is 0 Å². The van der Waals surface area contributed by atoms with Crippen LogP contribution in [0.25, 0.3) is 11.3 Å². The molecule has 0 saturated carbocycles. The smallest absolute Gasteiger partial charge is 0.303 e. The zero-order valence-electron chi connectivity index (χ0n) is 16.6. The highest BCUT2D eigenvalue weighted by Gasteiger charge is 2.32. The summed E-state index contributed by atoms with van der Waals surface area (Å²) in [5.74, 6) is 0.430. The normalized spacial score (nSPS) is 14.9. The van der Waals surface area contributed by atoms with Crippen LogP contribution in [0.5, 0.6) is 11.5 Å². The molecule has 0 aliphatic carbocycles. The third-order valence-corrected chi connectivity index (χ3v) is 5.30. The third kappa shape index (κ3) is 3.74. The summed E-state index contributed by atoms with van der Waals surface area (Å²) in [6, 6.07) is 12.7. The predicted molar refractivity (Wildman–Crippen MR) is 119 cm³/mol. The van der Waals surface area contributed by atoms with Gasteiger partial charge in [0.2, 0.25) is 5.13 Å². The number of nitrogens with zero attached hydrogens (tertiary/aromatic N) is 4. The number of hydrogen-bond donors (Lipinski definition) is 2. The molecule has 30 heavy (non-hydrogen) atoms. The molecule has 9 heteroatoms. The first-order valence-electron chi connectivity index (χ1n) is 9.09. The Bertz CT molecular complexity index is 1170. The van der Waals surface area contributed by atoms with E-state index < -0.39 is 0 Å². The van der Waals surface area contributed by atoms with Gasteiger partial charge in [-0.1, -0.05) is 6.07 Å². The van der Waals surface area contributed by atoms with Crippen LogP contribution < -0.4 is 15.2 Å². The lowest BCUT2D eigenvalue weighted by Crippen LogP contribution is -2.27. The largest absolute Gasteiger partial charge is 0.506 e. The molecule has 0 atom stereocenters. The fraction of sp³-hybridized carbons (Fsp3) is 0.143. The van der Waals surface area contributed by atoms with Gasteiger partial charge in [0, 0.05) is 10.9 Å². The summed E-state index contributed by atoms with van der Waals surface area (Å²) in [6.07, 6.45) is 0. The van der Waals surface area contributed by atoms with Crippen molar-refractivity contribution in [2.24, 2.45) is 10.2 Å². The summed E-state index contributed by atoms with van der Waals surface area (Å²) in [6.45, 7) is 3.57. The maximum Gasteiger partial charge on any atom is 0.303 e. The minimum absolute atomic E-state index is 0.0558. The number of aryl methyl sites for hydroxylation is 1. The van der Waals surface area contributed by atoms with Gasteiger partial charge in [0.05, 0.1) is 24.2 Å². The van der Waals surface area contributed by atoms with Crippen LogP contribution in [0.2, 0.25) is 0 Å². The number of aromatic hydroxyl groups is 1. The second kappa shape index (κ2) is 7.96. The number of phenols is 1. The lowest BCUT2D eigenvalue weighted by atomic mass is 10.2. The van der Waals surface area contributed by atoms with Crippen LogP contribution in [0.3, 0.4) is 0 Å². The monoisotopic (exact) mass is 421 g/mol. The van der Waals surface area contributed by atoms with Gasteiger partial charge in [-0.25, -0.2) is 4.98 Å². The number of amides is 1. The van der Waals surface area contributed by atoms with Crippen molar-refractivity contribution >= 4 is 39.5 Å². The topological polar surface area (TPSA) is 99.4 Å². The highest BCUT2D eigenvalue weighted by molar-refractivity contribution is 7.14. The first-order valence-corrected chi connectivity index (χ1v) is 9.97. The van der Waals surface area contributed by atoms with E-state index >= 15 is 0 Å². The predicted octanol–water partition coefficient (Wildman–Crippen LogP) is 4.02. The average Bonchev–Trinajstić information content (AvgIpc) is 3.33. The van der Waals surface area contributed by atoms with Crippen molar-refractivity contribution in [1.82, 2.24) is 4.98 Å². The Morgan fingerprint density at radius 3 is 2.63 bits per heavy atom. The summed E-state index contributed by atoms with van der Waals surface area (Å²) >= 11 is 1.32. The van der Waals surface area contributed by atoms with E-state index in [9.17, 15) is 9.90 Å². The number of hydrogen-bond acceptors (Lipinski definition) is 8. The number of aromatic nitrogens is 1. The van der Waals surface area contributed by atoms with E-state index in [1.54, 1.807) is 26.2 Å². The molecule has 0 fully saturated rings. The molecular weight excluding hydrogens is 402 g/mol. The van der Waals surface area contributed by atoms with Gasteiger partial charge in [-0.15, -0.1) is 11.3 Å². The lowest BCUT2D eigenvalue weighted by Gasteiger charge is -2.07. The fourth-order valence-electron chi connectivity index (χ4n) is 2.86.